The van der Waals surface area contributed by atoms with Crippen molar-refractivity contribution in [3.05, 3.63) is 0 Å². The van der Waals surface area contributed by atoms with Crippen LogP contribution in [0.1, 0.15) is 26.2 Å². The molecule has 4 heteroatoms. The summed E-state index contributed by atoms with van der Waals surface area (Å²) in [5.41, 5.74) is 0. The van der Waals surface area contributed by atoms with E-state index in [4.69, 9.17) is 5.11 Å². The first-order valence-electron chi connectivity index (χ1n) is 4.94. The lowest BCUT2D eigenvalue weighted by Gasteiger charge is -2.26. The molecule has 0 aromatic carbocycles. The lowest BCUT2D eigenvalue weighted by molar-refractivity contribution is 0.261. The maximum atomic E-state index is 11.1. The molecule has 0 radical (unpaired) electrons. The van der Waals surface area contributed by atoms with E-state index in [1.807, 2.05) is 0 Å². The van der Waals surface area contributed by atoms with E-state index in [2.05, 4.69) is 12.2 Å². The molecule has 13 heavy (non-hydrogen) atoms. The predicted molar refractivity (Wildman–Crippen MR) is 55.2 cm³/mol. The summed E-state index contributed by atoms with van der Waals surface area (Å²) in [6, 6.07) is 0.890. The number of aliphatic hydroxyl groups excluding tert-OH is 1. The highest BCUT2D eigenvalue weighted by atomic mass is 32.2. The molecule has 0 aliphatic carbocycles. The van der Waals surface area contributed by atoms with Crippen molar-refractivity contribution in [2.45, 2.75) is 38.3 Å². The van der Waals surface area contributed by atoms with Gasteiger partial charge in [-0.25, -0.2) is 0 Å². The molecule has 0 saturated carbocycles. The number of rotatable bonds is 4. The first-order valence-corrected chi connectivity index (χ1v) is 6.43. The van der Waals surface area contributed by atoms with E-state index in [0.29, 0.717) is 12.1 Å². The molecule has 0 bridgehead atoms. The fourth-order valence-corrected chi connectivity index (χ4v) is 2.94. The van der Waals surface area contributed by atoms with Crippen LogP contribution in [0.2, 0.25) is 0 Å². The van der Waals surface area contributed by atoms with Crippen molar-refractivity contribution in [3.63, 3.8) is 0 Å². The maximum absolute atomic E-state index is 11.1. The summed E-state index contributed by atoms with van der Waals surface area (Å²) in [7, 11) is -0.569. The molecule has 0 aromatic heterocycles. The second kappa shape index (κ2) is 5.73. The molecular formula is C9H19NO2S. The van der Waals surface area contributed by atoms with Gasteiger partial charge in [0.1, 0.15) is 0 Å². The fourth-order valence-electron chi connectivity index (χ4n) is 1.64. The summed E-state index contributed by atoms with van der Waals surface area (Å²) >= 11 is 0. The quantitative estimate of drug-likeness (QED) is 0.692. The molecule has 1 heterocycles. The SMILES string of the molecule is CC(CCO)NC1CCS(=O)CC1. The third-order valence-electron chi connectivity index (χ3n) is 2.47. The Hall–Kier alpha value is 0.0700. The van der Waals surface area contributed by atoms with Gasteiger partial charge in [-0.3, -0.25) is 4.21 Å². The average molecular weight is 205 g/mol. The second-order valence-electron chi connectivity index (χ2n) is 3.70. The summed E-state index contributed by atoms with van der Waals surface area (Å²) in [4.78, 5) is 0. The van der Waals surface area contributed by atoms with Crippen molar-refractivity contribution >= 4 is 10.8 Å². The van der Waals surface area contributed by atoms with Crippen LogP contribution in [0.3, 0.4) is 0 Å². The highest BCUT2D eigenvalue weighted by molar-refractivity contribution is 7.85. The minimum atomic E-state index is -0.569. The van der Waals surface area contributed by atoms with Crippen LogP contribution in [-0.2, 0) is 10.8 Å². The van der Waals surface area contributed by atoms with E-state index in [1.165, 1.54) is 0 Å². The molecule has 1 rings (SSSR count). The highest BCUT2D eigenvalue weighted by Gasteiger charge is 2.18. The third kappa shape index (κ3) is 4.20. The predicted octanol–water partition coefficient (Wildman–Crippen LogP) is 0.258. The monoisotopic (exact) mass is 205 g/mol. The van der Waals surface area contributed by atoms with Gasteiger partial charge in [0.25, 0.3) is 0 Å². The Labute approximate surface area is 82.4 Å². The first kappa shape index (κ1) is 11.1. The molecule has 2 N–H and O–H groups in total. The Balaban J connectivity index is 2.18. The van der Waals surface area contributed by atoms with E-state index < -0.39 is 10.8 Å². The van der Waals surface area contributed by atoms with E-state index in [1.54, 1.807) is 0 Å². The van der Waals surface area contributed by atoms with Crippen LogP contribution in [0, 0.1) is 0 Å². The normalized spacial score (nSPS) is 31.5. The molecule has 0 aromatic rings. The number of aliphatic hydroxyl groups is 1. The minimum Gasteiger partial charge on any atom is -0.396 e. The Morgan fingerprint density at radius 1 is 1.54 bits per heavy atom. The Kier molecular flexibility index (Phi) is 4.91. The summed E-state index contributed by atoms with van der Waals surface area (Å²) < 4.78 is 11.1. The van der Waals surface area contributed by atoms with Gasteiger partial charge in [0.05, 0.1) is 0 Å². The highest BCUT2D eigenvalue weighted by Crippen LogP contribution is 2.10. The molecule has 0 amide bonds. The average Bonchev–Trinajstić information content (AvgIpc) is 2.09. The molecule has 78 valence electrons. The van der Waals surface area contributed by atoms with Gasteiger partial charge in [-0.15, -0.1) is 0 Å². The Bertz CT molecular complexity index is 165. The third-order valence-corrected chi connectivity index (χ3v) is 3.85. The number of nitrogens with one attached hydrogen (secondary N) is 1. The van der Waals surface area contributed by atoms with Crippen molar-refractivity contribution in [2.24, 2.45) is 0 Å². The van der Waals surface area contributed by atoms with Gasteiger partial charge in [-0.05, 0) is 26.2 Å². The van der Waals surface area contributed by atoms with Crippen molar-refractivity contribution in [3.8, 4) is 0 Å². The van der Waals surface area contributed by atoms with Crippen LogP contribution >= 0.6 is 0 Å². The Morgan fingerprint density at radius 2 is 2.15 bits per heavy atom. The topological polar surface area (TPSA) is 49.3 Å². The molecule has 1 atom stereocenters. The molecule has 1 aliphatic heterocycles. The van der Waals surface area contributed by atoms with Gasteiger partial charge >= 0.3 is 0 Å². The van der Waals surface area contributed by atoms with Crippen LogP contribution in [0.5, 0.6) is 0 Å². The molecule has 1 aliphatic rings. The van der Waals surface area contributed by atoms with Crippen molar-refractivity contribution in [2.75, 3.05) is 18.1 Å². The number of hydrogen-bond donors (Lipinski definition) is 2. The van der Waals surface area contributed by atoms with Crippen LogP contribution in [0.15, 0.2) is 0 Å². The standard InChI is InChI=1S/C9H19NO2S/c1-8(2-5-11)10-9-3-6-13(12)7-4-9/h8-11H,2-7H2,1H3. The van der Waals surface area contributed by atoms with Gasteiger partial charge in [0.15, 0.2) is 0 Å². The summed E-state index contributed by atoms with van der Waals surface area (Å²) in [5.74, 6) is 1.67. The minimum absolute atomic E-state index is 0.243. The zero-order valence-corrected chi connectivity index (χ0v) is 8.98. The van der Waals surface area contributed by atoms with E-state index in [9.17, 15) is 4.21 Å². The van der Waals surface area contributed by atoms with Gasteiger partial charge < -0.3 is 10.4 Å². The van der Waals surface area contributed by atoms with Gasteiger partial charge in [-0.2, -0.15) is 0 Å². The fraction of sp³-hybridized carbons (Fsp3) is 1.00. The zero-order valence-electron chi connectivity index (χ0n) is 8.16. The van der Waals surface area contributed by atoms with Crippen LogP contribution < -0.4 is 5.32 Å². The lowest BCUT2D eigenvalue weighted by Crippen LogP contribution is -2.41. The molecular weight excluding hydrogens is 186 g/mol. The molecule has 1 saturated heterocycles. The van der Waals surface area contributed by atoms with E-state index >= 15 is 0 Å². The summed E-state index contributed by atoms with van der Waals surface area (Å²) in [6.07, 6.45) is 2.84. The van der Waals surface area contributed by atoms with Crippen molar-refractivity contribution in [1.82, 2.24) is 5.32 Å². The van der Waals surface area contributed by atoms with Gasteiger partial charge in [-0.1, -0.05) is 0 Å². The van der Waals surface area contributed by atoms with Gasteiger partial charge in [0.2, 0.25) is 0 Å². The second-order valence-corrected chi connectivity index (χ2v) is 5.40. The number of hydrogen-bond acceptors (Lipinski definition) is 3. The summed E-state index contributed by atoms with van der Waals surface area (Å²) in [6.45, 7) is 2.33. The van der Waals surface area contributed by atoms with Gasteiger partial charge in [0, 0.05) is 41.0 Å². The maximum Gasteiger partial charge on any atom is 0.0445 e. The van der Waals surface area contributed by atoms with Crippen LogP contribution in [0.4, 0.5) is 0 Å². The van der Waals surface area contributed by atoms with E-state index in [-0.39, 0.29) is 6.61 Å². The van der Waals surface area contributed by atoms with Crippen LogP contribution in [-0.4, -0.2) is 39.5 Å². The molecule has 3 nitrogen and oxygen atoms in total. The smallest absolute Gasteiger partial charge is 0.0445 e. The molecule has 1 fully saturated rings. The van der Waals surface area contributed by atoms with Crippen molar-refractivity contribution < 1.29 is 9.32 Å². The Morgan fingerprint density at radius 3 is 2.69 bits per heavy atom. The molecule has 1 unspecified atom stereocenters. The lowest BCUT2D eigenvalue weighted by atomic mass is 10.1. The molecule has 0 spiro atoms. The van der Waals surface area contributed by atoms with Crippen molar-refractivity contribution in [1.29, 1.82) is 0 Å². The summed E-state index contributed by atoms with van der Waals surface area (Å²) in [5, 5.41) is 12.2. The first-order chi connectivity index (χ1) is 6.22. The largest absolute Gasteiger partial charge is 0.396 e. The van der Waals surface area contributed by atoms with E-state index in [0.717, 1.165) is 30.8 Å². The zero-order chi connectivity index (χ0) is 9.68. The van der Waals surface area contributed by atoms with Crippen LogP contribution in [0.25, 0.3) is 0 Å².